The van der Waals surface area contributed by atoms with Gasteiger partial charge in [0, 0.05) is 30.7 Å². The molecule has 0 aliphatic carbocycles. The van der Waals surface area contributed by atoms with Gasteiger partial charge in [-0.05, 0) is 90.4 Å². The number of benzene rings is 2. The van der Waals surface area contributed by atoms with Crippen molar-refractivity contribution in [3.05, 3.63) is 58.1 Å². The Labute approximate surface area is 236 Å². The molecule has 39 heavy (non-hydrogen) atoms. The number of hydrogen-bond donors (Lipinski definition) is 1. The maximum absolute atomic E-state index is 12.6. The second kappa shape index (κ2) is 12.9. The molecule has 0 unspecified atom stereocenters. The summed E-state index contributed by atoms with van der Waals surface area (Å²) < 4.78 is 11.7. The third-order valence-corrected chi connectivity index (χ3v) is 7.44. The number of methoxy groups -OCH3 is 1. The van der Waals surface area contributed by atoms with Crippen LogP contribution in [0.5, 0.6) is 11.5 Å². The fourth-order valence-corrected chi connectivity index (χ4v) is 5.12. The maximum Gasteiger partial charge on any atom is 0.344 e. The molecule has 2 aromatic carbocycles. The van der Waals surface area contributed by atoms with E-state index in [-0.39, 0.29) is 0 Å². The van der Waals surface area contributed by atoms with Crippen molar-refractivity contribution in [2.75, 3.05) is 48.5 Å². The van der Waals surface area contributed by atoms with E-state index < -0.39 is 5.97 Å². The van der Waals surface area contributed by atoms with Crippen LogP contribution in [0.2, 0.25) is 0 Å². The fraction of sp³-hybridized carbons (Fsp3) is 0.393. The highest BCUT2D eigenvalue weighted by atomic mass is 79.9. The number of aromatic nitrogens is 3. The first-order valence-electron chi connectivity index (χ1n) is 13.3. The van der Waals surface area contributed by atoms with Gasteiger partial charge >= 0.3 is 5.97 Å². The predicted molar refractivity (Wildman–Crippen MR) is 155 cm³/mol. The van der Waals surface area contributed by atoms with E-state index in [1.165, 1.54) is 20.0 Å². The Morgan fingerprint density at radius 2 is 1.54 bits per heavy atom. The molecule has 1 aromatic heterocycles. The molecular formula is C28H32BrN7O3. The van der Waals surface area contributed by atoms with E-state index >= 15 is 0 Å². The monoisotopic (exact) mass is 593 g/mol. The zero-order valence-corrected chi connectivity index (χ0v) is 23.6. The van der Waals surface area contributed by atoms with Gasteiger partial charge in [0.05, 0.1) is 18.9 Å². The lowest BCUT2D eigenvalue weighted by Gasteiger charge is -2.30. The minimum Gasteiger partial charge on any atom is -0.493 e. The first kappa shape index (κ1) is 26.9. The number of hydrogen-bond acceptors (Lipinski definition) is 10. The fourth-order valence-electron chi connectivity index (χ4n) is 4.67. The topological polar surface area (TPSA) is 105 Å². The van der Waals surface area contributed by atoms with Crippen molar-refractivity contribution in [3.63, 3.8) is 0 Å². The highest BCUT2D eigenvalue weighted by Crippen LogP contribution is 2.29. The molecule has 0 bridgehead atoms. The summed E-state index contributed by atoms with van der Waals surface area (Å²) in [6, 6.07) is 12.3. The van der Waals surface area contributed by atoms with E-state index in [9.17, 15) is 4.79 Å². The number of carbonyl (C=O) groups is 1. The van der Waals surface area contributed by atoms with Crippen molar-refractivity contribution in [3.8, 4) is 11.5 Å². The molecule has 0 saturated carbocycles. The van der Waals surface area contributed by atoms with Gasteiger partial charge in [-0.25, -0.2) is 10.2 Å². The van der Waals surface area contributed by atoms with Gasteiger partial charge in [-0.3, -0.25) is 0 Å². The van der Waals surface area contributed by atoms with Gasteiger partial charge in [0.25, 0.3) is 0 Å². The third kappa shape index (κ3) is 6.83. The summed E-state index contributed by atoms with van der Waals surface area (Å²) in [7, 11) is 1.53. The molecule has 10 nitrogen and oxygen atoms in total. The van der Waals surface area contributed by atoms with Crippen molar-refractivity contribution in [1.29, 1.82) is 0 Å². The first-order chi connectivity index (χ1) is 19.1. The maximum atomic E-state index is 12.6. The Kier molecular flexibility index (Phi) is 8.87. The van der Waals surface area contributed by atoms with E-state index in [2.05, 4.69) is 46.2 Å². The lowest BCUT2D eigenvalue weighted by Crippen LogP contribution is -2.34. The van der Waals surface area contributed by atoms with Crippen LogP contribution >= 0.6 is 15.9 Å². The van der Waals surface area contributed by atoms with Crippen molar-refractivity contribution in [2.45, 2.75) is 38.5 Å². The van der Waals surface area contributed by atoms with Crippen LogP contribution in [0, 0.1) is 0 Å². The van der Waals surface area contributed by atoms with Crippen LogP contribution in [0.3, 0.4) is 0 Å². The first-order valence-corrected chi connectivity index (χ1v) is 14.1. The van der Waals surface area contributed by atoms with Crippen LogP contribution in [-0.2, 0) is 0 Å². The SMILES string of the molecule is COc1cc(/C=N\Nc2nc(N3CCCCC3)nc(N3CCCCC3)n2)ccc1OC(=O)c1ccccc1Br. The number of nitrogens with zero attached hydrogens (tertiary/aromatic N) is 6. The van der Waals surface area contributed by atoms with Gasteiger partial charge in [0.2, 0.25) is 17.8 Å². The third-order valence-electron chi connectivity index (χ3n) is 6.75. The standard InChI is InChI=1S/C28H32BrN7O3/c1-38-24-18-20(12-13-23(24)39-25(37)21-10-4-5-11-22(21)29)19-30-34-26-31-27(35-14-6-2-7-15-35)33-28(32-26)36-16-8-3-9-17-36/h4-5,10-13,18-19H,2-3,6-9,14-17H2,1H3,(H,31,32,33,34)/b30-19-. The Balaban J connectivity index is 1.31. The molecule has 3 heterocycles. The number of hydrazone groups is 1. The summed E-state index contributed by atoms with van der Waals surface area (Å²) in [6.07, 6.45) is 8.68. The minimum atomic E-state index is -0.479. The number of rotatable bonds is 8. The number of anilines is 3. The van der Waals surface area contributed by atoms with E-state index in [1.807, 2.05) is 6.07 Å². The Morgan fingerprint density at radius 3 is 2.15 bits per heavy atom. The zero-order chi connectivity index (χ0) is 27.0. The highest BCUT2D eigenvalue weighted by Gasteiger charge is 2.20. The molecule has 2 aliphatic rings. The number of halogens is 1. The summed E-state index contributed by atoms with van der Waals surface area (Å²) in [6.45, 7) is 3.79. The van der Waals surface area contributed by atoms with Gasteiger partial charge in [0.15, 0.2) is 11.5 Å². The number of carbonyl (C=O) groups excluding carboxylic acids is 1. The Morgan fingerprint density at radius 1 is 0.897 bits per heavy atom. The lowest BCUT2D eigenvalue weighted by molar-refractivity contribution is 0.0728. The van der Waals surface area contributed by atoms with Crippen LogP contribution in [0.25, 0.3) is 0 Å². The molecule has 204 valence electrons. The zero-order valence-electron chi connectivity index (χ0n) is 22.0. The van der Waals surface area contributed by atoms with E-state index in [4.69, 9.17) is 14.5 Å². The van der Waals surface area contributed by atoms with Gasteiger partial charge < -0.3 is 19.3 Å². The molecule has 0 spiro atoms. The molecule has 0 amide bonds. The molecule has 1 N–H and O–H groups in total. The summed E-state index contributed by atoms with van der Waals surface area (Å²) >= 11 is 3.38. The molecule has 11 heteroatoms. The van der Waals surface area contributed by atoms with Crippen LogP contribution in [0.15, 0.2) is 52.0 Å². The predicted octanol–water partition coefficient (Wildman–Crippen LogP) is 5.29. The molecule has 5 rings (SSSR count). The largest absolute Gasteiger partial charge is 0.493 e. The van der Waals surface area contributed by atoms with Crippen LogP contribution in [0.1, 0.15) is 54.4 Å². The normalized spacial score (nSPS) is 15.8. The number of nitrogens with one attached hydrogen (secondary N) is 1. The van der Waals surface area contributed by atoms with Crippen LogP contribution < -0.4 is 24.7 Å². The Bertz CT molecular complexity index is 1290. The van der Waals surface area contributed by atoms with E-state index in [0.717, 1.165) is 57.4 Å². The van der Waals surface area contributed by atoms with Gasteiger partial charge in [-0.15, -0.1) is 0 Å². The van der Waals surface area contributed by atoms with Gasteiger partial charge in [0.1, 0.15) is 0 Å². The van der Waals surface area contributed by atoms with Crippen molar-refractivity contribution in [2.24, 2.45) is 5.10 Å². The summed E-state index contributed by atoms with van der Waals surface area (Å²) in [5.74, 6) is 2.06. The number of ether oxygens (including phenoxy) is 2. The minimum absolute atomic E-state index is 0.318. The van der Waals surface area contributed by atoms with Gasteiger partial charge in [-0.2, -0.15) is 20.1 Å². The van der Waals surface area contributed by atoms with Crippen molar-refractivity contribution < 1.29 is 14.3 Å². The van der Waals surface area contributed by atoms with Crippen LogP contribution in [-0.4, -0.2) is 60.4 Å². The average Bonchev–Trinajstić information content (AvgIpc) is 2.98. The van der Waals surface area contributed by atoms with Crippen molar-refractivity contribution in [1.82, 2.24) is 15.0 Å². The molecule has 0 atom stereocenters. The highest BCUT2D eigenvalue weighted by molar-refractivity contribution is 9.10. The second-order valence-corrected chi connectivity index (χ2v) is 10.4. The molecule has 0 radical (unpaired) electrons. The number of piperidine rings is 2. The molecule has 2 fully saturated rings. The second-order valence-electron chi connectivity index (χ2n) is 9.50. The molecule has 2 saturated heterocycles. The summed E-state index contributed by atoms with van der Waals surface area (Å²) in [5, 5.41) is 4.38. The summed E-state index contributed by atoms with van der Waals surface area (Å²) in [5.41, 5.74) is 4.17. The number of esters is 1. The van der Waals surface area contributed by atoms with Gasteiger partial charge in [-0.1, -0.05) is 12.1 Å². The van der Waals surface area contributed by atoms with Crippen molar-refractivity contribution >= 4 is 46.0 Å². The van der Waals surface area contributed by atoms with Crippen LogP contribution in [0.4, 0.5) is 17.8 Å². The smallest absolute Gasteiger partial charge is 0.344 e. The molecule has 3 aromatic rings. The molecule has 2 aliphatic heterocycles. The quantitative estimate of drug-likeness (QED) is 0.161. The van der Waals surface area contributed by atoms with E-state index in [0.29, 0.717) is 39.4 Å². The van der Waals surface area contributed by atoms with E-state index in [1.54, 1.807) is 42.6 Å². The Hall–Kier alpha value is -3.73. The average molecular weight is 595 g/mol. The lowest BCUT2D eigenvalue weighted by atomic mass is 10.1. The summed E-state index contributed by atoms with van der Waals surface area (Å²) in [4.78, 5) is 31.2. The molecular weight excluding hydrogens is 562 g/mol.